The molecule has 0 atom stereocenters. The molecule has 1 aromatic heterocycles. The highest BCUT2D eigenvalue weighted by atomic mass is 19.1. The fourth-order valence-corrected chi connectivity index (χ4v) is 2.72. The maximum atomic E-state index is 13.7. The summed E-state index contributed by atoms with van der Waals surface area (Å²) in [5, 5.41) is 15.2. The second-order valence-electron chi connectivity index (χ2n) is 4.96. The minimum absolute atomic E-state index is 0.233. The van der Waals surface area contributed by atoms with Crippen molar-refractivity contribution in [2.75, 3.05) is 18.0 Å². The largest absolute Gasteiger partial charge is 0.366 e. The molecule has 0 spiro atoms. The number of halogens is 1. The minimum atomic E-state index is -0.795. The molecular formula is C13H14FN5O2. The lowest BCUT2D eigenvalue weighted by Crippen LogP contribution is -2.35. The topological polar surface area (TPSA) is 77.1 Å². The zero-order chi connectivity index (χ0) is 14.8. The van der Waals surface area contributed by atoms with Crippen molar-refractivity contribution in [2.24, 2.45) is 0 Å². The molecule has 1 saturated heterocycles. The molecule has 2 heterocycles. The molecule has 1 aliphatic rings. The van der Waals surface area contributed by atoms with Gasteiger partial charge < -0.3 is 4.90 Å². The Hall–Kier alpha value is -2.51. The van der Waals surface area contributed by atoms with Crippen molar-refractivity contribution in [3.05, 3.63) is 46.8 Å². The van der Waals surface area contributed by atoms with Crippen molar-refractivity contribution in [1.29, 1.82) is 0 Å². The van der Waals surface area contributed by atoms with E-state index >= 15 is 0 Å². The third-order valence-electron chi connectivity index (χ3n) is 3.76. The first kappa shape index (κ1) is 13.5. The molecular weight excluding hydrogens is 277 g/mol. The highest BCUT2D eigenvalue weighted by Crippen LogP contribution is 2.34. The standard InChI is InChI=1S/C13H14FN5O2/c14-11-2-1-3-12(13(11)19(20)21)17-6-4-10(5-7-17)18-9-15-8-16-18/h1-3,8-10H,4-7H2. The van der Waals surface area contributed by atoms with Crippen molar-refractivity contribution >= 4 is 11.4 Å². The molecule has 0 amide bonds. The Bertz CT molecular complexity index is 638. The zero-order valence-electron chi connectivity index (χ0n) is 11.2. The van der Waals surface area contributed by atoms with Crippen LogP contribution in [0.25, 0.3) is 0 Å². The molecule has 0 bridgehead atoms. The number of aromatic nitrogens is 3. The van der Waals surface area contributed by atoms with Crippen LogP contribution in [-0.4, -0.2) is 32.8 Å². The second kappa shape index (κ2) is 5.47. The van der Waals surface area contributed by atoms with E-state index < -0.39 is 16.4 Å². The highest BCUT2D eigenvalue weighted by Gasteiger charge is 2.28. The summed E-state index contributed by atoms with van der Waals surface area (Å²) < 4.78 is 15.5. The smallest absolute Gasteiger partial charge is 0.327 e. The van der Waals surface area contributed by atoms with E-state index in [0.29, 0.717) is 18.8 Å². The van der Waals surface area contributed by atoms with Crippen LogP contribution >= 0.6 is 0 Å². The number of benzene rings is 1. The predicted molar refractivity (Wildman–Crippen MR) is 73.6 cm³/mol. The van der Waals surface area contributed by atoms with Crippen molar-refractivity contribution in [2.45, 2.75) is 18.9 Å². The van der Waals surface area contributed by atoms with Crippen LogP contribution in [0.15, 0.2) is 30.9 Å². The molecule has 3 rings (SSSR count). The van der Waals surface area contributed by atoms with Gasteiger partial charge in [0.05, 0.1) is 11.0 Å². The molecule has 7 nitrogen and oxygen atoms in total. The predicted octanol–water partition coefficient (Wildman–Crippen LogP) is 2.17. The summed E-state index contributed by atoms with van der Waals surface area (Å²) in [6.07, 6.45) is 4.74. The van der Waals surface area contributed by atoms with Crippen molar-refractivity contribution in [1.82, 2.24) is 14.8 Å². The quantitative estimate of drug-likeness (QED) is 0.639. The number of anilines is 1. The van der Waals surface area contributed by atoms with Crippen LogP contribution in [0.4, 0.5) is 15.8 Å². The van der Waals surface area contributed by atoms with E-state index in [2.05, 4.69) is 10.1 Å². The number of nitrogens with zero attached hydrogens (tertiary/aromatic N) is 5. The van der Waals surface area contributed by atoms with Crippen molar-refractivity contribution in [3.8, 4) is 0 Å². The molecule has 1 aliphatic heterocycles. The molecule has 0 radical (unpaired) electrons. The van der Waals surface area contributed by atoms with Crippen LogP contribution in [0.1, 0.15) is 18.9 Å². The number of nitro benzene ring substituents is 1. The Morgan fingerprint density at radius 1 is 1.33 bits per heavy atom. The van der Waals surface area contributed by atoms with E-state index in [0.717, 1.165) is 18.9 Å². The van der Waals surface area contributed by atoms with Crippen molar-refractivity contribution in [3.63, 3.8) is 0 Å². The van der Waals surface area contributed by atoms with Gasteiger partial charge in [-0.1, -0.05) is 6.07 Å². The maximum Gasteiger partial charge on any atom is 0.327 e. The van der Waals surface area contributed by atoms with Gasteiger partial charge in [0.15, 0.2) is 0 Å². The summed E-state index contributed by atoms with van der Waals surface area (Å²) in [6.45, 7) is 1.24. The summed E-state index contributed by atoms with van der Waals surface area (Å²) in [4.78, 5) is 16.2. The number of nitro groups is 1. The number of para-hydroxylation sites is 1. The molecule has 1 aromatic carbocycles. The molecule has 8 heteroatoms. The van der Waals surface area contributed by atoms with Crippen molar-refractivity contribution < 1.29 is 9.31 Å². The lowest BCUT2D eigenvalue weighted by molar-refractivity contribution is -0.386. The number of rotatable bonds is 3. The third kappa shape index (κ3) is 2.56. The van der Waals surface area contributed by atoms with Crippen LogP contribution < -0.4 is 4.90 Å². The fraction of sp³-hybridized carbons (Fsp3) is 0.385. The Kier molecular flexibility index (Phi) is 3.51. The summed E-state index contributed by atoms with van der Waals surface area (Å²) in [7, 11) is 0. The number of hydrogen-bond donors (Lipinski definition) is 0. The molecule has 21 heavy (non-hydrogen) atoms. The molecule has 0 unspecified atom stereocenters. The average Bonchev–Trinajstić information content (AvgIpc) is 3.01. The Balaban J connectivity index is 1.78. The molecule has 0 N–H and O–H groups in total. The molecule has 0 aliphatic carbocycles. The highest BCUT2D eigenvalue weighted by molar-refractivity contribution is 5.64. The average molecular weight is 291 g/mol. The van der Waals surface area contributed by atoms with Gasteiger partial charge in [-0.15, -0.1) is 0 Å². The second-order valence-corrected chi connectivity index (χ2v) is 4.96. The first-order valence-electron chi connectivity index (χ1n) is 6.69. The third-order valence-corrected chi connectivity index (χ3v) is 3.76. The molecule has 1 fully saturated rings. The summed E-state index contributed by atoms with van der Waals surface area (Å²) in [6, 6.07) is 4.44. The van der Waals surface area contributed by atoms with Gasteiger partial charge in [-0.3, -0.25) is 10.1 Å². The molecule has 2 aromatic rings. The van der Waals surface area contributed by atoms with Gasteiger partial charge in [-0.05, 0) is 25.0 Å². The zero-order valence-corrected chi connectivity index (χ0v) is 11.2. The number of piperidine rings is 1. The summed E-state index contributed by atoms with van der Waals surface area (Å²) >= 11 is 0. The van der Waals surface area contributed by atoms with E-state index in [-0.39, 0.29) is 6.04 Å². The van der Waals surface area contributed by atoms with Gasteiger partial charge in [-0.25, -0.2) is 9.67 Å². The SMILES string of the molecule is O=[N+]([O-])c1c(F)cccc1N1CCC(n2cncn2)CC1. The normalized spacial score (nSPS) is 16.1. The van der Waals surface area contributed by atoms with Crippen LogP contribution in [0, 0.1) is 15.9 Å². The molecule has 110 valence electrons. The van der Waals surface area contributed by atoms with E-state index in [4.69, 9.17) is 0 Å². The fourth-order valence-electron chi connectivity index (χ4n) is 2.72. The minimum Gasteiger partial charge on any atom is -0.366 e. The van der Waals surface area contributed by atoms with E-state index in [9.17, 15) is 14.5 Å². The lowest BCUT2D eigenvalue weighted by atomic mass is 10.0. The van der Waals surface area contributed by atoms with Crippen LogP contribution in [0.2, 0.25) is 0 Å². The van der Waals surface area contributed by atoms with Gasteiger partial charge in [0, 0.05) is 13.1 Å². The summed E-state index contributed by atoms with van der Waals surface area (Å²) in [5.41, 5.74) is -0.103. The van der Waals surface area contributed by atoms with Gasteiger partial charge in [0.25, 0.3) is 0 Å². The maximum absolute atomic E-state index is 13.7. The van der Waals surface area contributed by atoms with Gasteiger partial charge in [-0.2, -0.15) is 9.49 Å². The lowest BCUT2D eigenvalue weighted by Gasteiger charge is -2.33. The van der Waals surface area contributed by atoms with Crippen LogP contribution in [0.3, 0.4) is 0 Å². The van der Waals surface area contributed by atoms with E-state index in [1.165, 1.54) is 12.4 Å². The van der Waals surface area contributed by atoms with Crippen LogP contribution in [0.5, 0.6) is 0 Å². The summed E-state index contributed by atoms with van der Waals surface area (Å²) in [5.74, 6) is -0.795. The first-order valence-corrected chi connectivity index (χ1v) is 6.69. The van der Waals surface area contributed by atoms with E-state index in [1.54, 1.807) is 17.1 Å². The Morgan fingerprint density at radius 2 is 2.10 bits per heavy atom. The van der Waals surface area contributed by atoms with Crippen LogP contribution in [-0.2, 0) is 0 Å². The van der Waals surface area contributed by atoms with Gasteiger partial charge in [0.1, 0.15) is 18.3 Å². The Morgan fingerprint density at radius 3 is 2.71 bits per heavy atom. The monoisotopic (exact) mass is 291 g/mol. The molecule has 0 saturated carbocycles. The number of hydrogen-bond acceptors (Lipinski definition) is 5. The Labute approximate surface area is 120 Å². The first-order chi connectivity index (χ1) is 10.2. The van der Waals surface area contributed by atoms with Gasteiger partial charge >= 0.3 is 5.69 Å². The van der Waals surface area contributed by atoms with Gasteiger partial charge in [0.2, 0.25) is 5.82 Å². The van der Waals surface area contributed by atoms with E-state index in [1.807, 2.05) is 4.90 Å².